The minimum atomic E-state index is -1.09. The monoisotopic (exact) mass is 256 g/mol. The van der Waals surface area contributed by atoms with Crippen molar-refractivity contribution in [2.75, 3.05) is 0 Å². The third kappa shape index (κ3) is 3.70. The number of carboxylic acids is 1. The Morgan fingerprint density at radius 2 is 1.83 bits per heavy atom. The normalized spacial score (nSPS) is 20.4. The topological polar surface area (TPSA) is 92.4 Å². The highest BCUT2D eigenvalue weighted by molar-refractivity contribution is 5.89. The molecule has 1 fully saturated rings. The van der Waals surface area contributed by atoms with Crippen LogP contribution in [0, 0.1) is 5.92 Å². The van der Waals surface area contributed by atoms with E-state index in [0.717, 1.165) is 19.3 Å². The van der Waals surface area contributed by atoms with E-state index in [0.29, 0.717) is 25.2 Å². The zero-order valence-corrected chi connectivity index (χ0v) is 11.2. The van der Waals surface area contributed by atoms with Crippen molar-refractivity contribution >= 4 is 11.9 Å². The summed E-state index contributed by atoms with van der Waals surface area (Å²) >= 11 is 0. The Bertz CT molecular complexity index is 309. The van der Waals surface area contributed by atoms with Crippen LogP contribution in [0.5, 0.6) is 0 Å². The molecule has 0 saturated heterocycles. The lowest BCUT2D eigenvalue weighted by molar-refractivity contribution is -0.149. The number of carbonyl (C=O) groups excluding carboxylic acids is 1. The predicted octanol–water partition coefficient (Wildman–Crippen LogP) is 1.26. The Labute approximate surface area is 108 Å². The molecule has 0 heterocycles. The number of nitrogens with one attached hydrogen (secondary N) is 1. The van der Waals surface area contributed by atoms with Crippen LogP contribution in [-0.2, 0) is 9.59 Å². The SMILES string of the molecule is CC(C)C[C@@H](N)C(=O)NC1(C(=O)O)CCCCC1. The van der Waals surface area contributed by atoms with E-state index >= 15 is 0 Å². The largest absolute Gasteiger partial charge is 0.480 e. The van der Waals surface area contributed by atoms with Crippen LogP contribution in [0.25, 0.3) is 0 Å². The van der Waals surface area contributed by atoms with Crippen LogP contribution < -0.4 is 11.1 Å². The van der Waals surface area contributed by atoms with Crippen molar-refractivity contribution in [2.45, 2.75) is 64.0 Å². The number of carbonyl (C=O) groups is 2. The highest BCUT2D eigenvalue weighted by atomic mass is 16.4. The summed E-state index contributed by atoms with van der Waals surface area (Å²) in [6.07, 6.45) is 4.29. The van der Waals surface area contributed by atoms with Crippen molar-refractivity contribution < 1.29 is 14.7 Å². The van der Waals surface area contributed by atoms with Crippen molar-refractivity contribution in [3.05, 3.63) is 0 Å². The number of hydrogen-bond acceptors (Lipinski definition) is 3. The third-order valence-corrected chi connectivity index (χ3v) is 3.54. The first-order chi connectivity index (χ1) is 8.37. The van der Waals surface area contributed by atoms with Crippen LogP contribution in [-0.4, -0.2) is 28.6 Å². The first-order valence-electron chi connectivity index (χ1n) is 6.68. The van der Waals surface area contributed by atoms with E-state index in [9.17, 15) is 14.7 Å². The number of amides is 1. The number of carboxylic acid groups (broad SMARTS) is 1. The molecule has 1 saturated carbocycles. The second-order valence-electron chi connectivity index (χ2n) is 5.67. The number of hydrogen-bond donors (Lipinski definition) is 3. The molecule has 5 heteroatoms. The highest BCUT2D eigenvalue weighted by Gasteiger charge is 2.41. The Kier molecular flexibility index (Phi) is 5.14. The number of rotatable bonds is 5. The van der Waals surface area contributed by atoms with Gasteiger partial charge < -0.3 is 16.2 Å². The zero-order chi connectivity index (χ0) is 13.8. The number of nitrogens with two attached hydrogens (primary N) is 1. The van der Waals surface area contributed by atoms with Crippen LogP contribution in [0.4, 0.5) is 0 Å². The molecule has 0 radical (unpaired) electrons. The Balaban J connectivity index is 2.66. The lowest BCUT2D eigenvalue weighted by Gasteiger charge is -2.34. The molecular weight excluding hydrogens is 232 g/mol. The lowest BCUT2D eigenvalue weighted by Crippen LogP contribution is -2.59. The molecule has 1 rings (SSSR count). The maximum Gasteiger partial charge on any atom is 0.329 e. The fourth-order valence-corrected chi connectivity index (χ4v) is 2.49. The lowest BCUT2D eigenvalue weighted by atomic mass is 9.81. The standard InChI is InChI=1S/C13H24N2O3/c1-9(2)8-10(14)11(16)15-13(12(17)18)6-4-3-5-7-13/h9-10H,3-8,14H2,1-2H3,(H,15,16)(H,17,18)/t10-/m1/s1. The third-order valence-electron chi connectivity index (χ3n) is 3.54. The Morgan fingerprint density at radius 1 is 1.28 bits per heavy atom. The molecule has 5 nitrogen and oxygen atoms in total. The average Bonchev–Trinajstić information content (AvgIpc) is 2.29. The van der Waals surface area contributed by atoms with Gasteiger partial charge in [0.2, 0.25) is 5.91 Å². The zero-order valence-electron chi connectivity index (χ0n) is 11.2. The minimum absolute atomic E-state index is 0.317. The van der Waals surface area contributed by atoms with E-state index < -0.39 is 17.6 Å². The first-order valence-corrected chi connectivity index (χ1v) is 6.68. The molecule has 1 amide bonds. The fraction of sp³-hybridized carbons (Fsp3) is 0.846. The molecule has 0 aromatic carbocycles. The van der Waals surface area contributed by atoms with Gasteiger partial charge in [-0.05, 0) is 25.2 Å². The van der Waals surface area contributed by atoms with Gasteiger partial charge in [-0.15, -0.1) is 0 Å². The van der Waals surface area contributed by atoms with Crippen molar-refractivity contribution in [1.82, 2.24) is 5.32 Å². The van der Waals surface area contributed by atoms with E-state index in [2.05, 4.69) is 5.32 Å². The van der Waals surface area contributed by atoms with Gasteiger partial charge in [-0.3, -0.25) is 4.79 Å². The first kappa shape index (κ1) is 15.0. The summed E-state index contributed by atoms with van der Waals surface area (Å²) in [4.78, 5) is 23.4. The van der Waals surface area contributed by atoms with Gasteiger partial charge in [0, 0.05) is 0 Å². The van der Waals surface area contributed by atoms with Crippen molar-refractivity contribution in [3.8, 4) is 0 Å². The summed E-state index contributed by atoms with van der Waals surface area (Å²) in [6, 6.07) is -0.622. The van der Waals surface area contributed by atoms with Crippen molar-refractivity contribution in [3.63, 3.8) is 0 Å². The van der Waals surface area contributed by atoms with Gasteiger partial charge in [0.25, 0.3) is 0 Å². The van der Waals surface area contributed by atoms with Gasteiger partial charge in [-0.2, -0.15) is 0 Å². The Morgan fingerprint density at radius 3 is 2.28 bits per heavy atom. The molecular formula is C13H24N2O3. The minimum Gasteiger partial charge on any atom is -0.480 e. The van der Waals surface area contributed by atoms with E-state index in [-0.39, 0.29) is 5.91 Å². The van der Waals surface area contributed by atoms with Crippen LogP contribution in [0.15, 0.2) is 0 Å². The van der Waals surface area contributed by atoms with E-state index in [1.807, 2.05) is 13.8 Å². The second-order valence-corrected chi connectivity index (χ2v) is 5.67. The van der Waals surface area contributed by atoms with Crippen LogP contribution in [0.2, 0.25) is 0 Å². The van der Waals surface area contributed by atoms with E-state index in [4.69, 9.17) is 5.73 Å². The summed E-state index contributed by atoms with van der Waals surface area (Å²) < 4.78 is 0. The number of aliphatic carboxylic acids is 1. The molecule has 1 aliphatic carbocycles. The molecule has 1 atom stereocenters. The highest BCUT2D eigenvalue weighted by Crippen LogP contribution is 2.28. The molecule has 0 unspecified atom stereocenters. The summed E-state index contributed by atoms with van der Waals surface area (Å²) in [5.74, 6) is -0.960. The van der Waals surface area contributed by atoms with Gasteiger partial charge in [0.15, 0.2) is 0 Å². The van der Waals surface area contributed by atoms with Gasteiger partial charge >= 0.3 is 5.97 Å². The molecule has 0 aromatic heterocycles. The molecule has 104 valence electrons. The summed E-state index contributed by atoms with van der Waals surface area (Å²) in [5.41, 5.74) is 4.70. The van der Waals surface area contributed by atoms with Gasteiger partial charge in [-0.25, -0.2) is 4.79 Å². The fourth-order valence-electron chi connectivity index (χ4n) is 2.49. The molecule has 0 spiro atoms. The van der Waals surface area contributed by atoms with E-state index in [1.165, 1.54) is 0 Å². The maximum absolute atomic E-state index is 12.0. The average molecular weight is 256 g/mol. The van der Waals surface area contributed by atoms with Crippen molar-refractivity contribution in [2.24, 2.45) is 11.7 Å². The maximum atomic E-state index is 12.0. The summed E-state index contributed by atoms with van der Waals surface area (Å²) in [7, 11) is 0. The predicted molar refractivity (Wildman–Crippen MR) is 69.0 cm³/mol. The molecule has 0 bridgehead atoms. The second kappa shape index (κ2) is 6.18. The van der Waals surface area contributed by atoms with Crippen LogP contribution >= 0.6 is 0 Å². The molecule has 0 aromatic rings. The molecule has 0 aliphatic heterocycles. The molecule has 4 N–H and O–H groups in total. The van der Waals surface area contributed by atoms with Crippen molar-refractivity contribution in [1.29, 1.82) is 0 Å². The van der Waals surface area contributed by atoms with Gasteiger partial charge in [0.05, 0.1) is 6.04 Å². The quantitative estimate of drug-likeness (QED) is 0.690. The van der Waals surface area contributed by atoms with Crippen LogP contribution in [0.1, 0.15) is 52.4 Å². The van der Waals surface area contributed by atoms with Crippen LogP contribution in [0.3, 0.4) is 0 Å². The molecule has 1 aliphatic rings. The van der Waals surface area contributed by atoms with E-state index in [1.54, 1.807) is 0 Å². The summed E-state index contributed by atoms with van der Waals surface area (Å²) in [6.45, 7) is 3.97. The van der Waals surface area contributed by atoms with Gasteiger partial charge in [-0.1, -0.05) is 33.1 Å². The van der Waals surface area contributed by atoms with Gasteiger partial charge in [0.1, 0.15) is 5.54 Å². The summed E-state index contributed by atoms with van der Waals surface area (Å²) in [5, 5.41) is 12.0. The molecule has 18 heavy (non-hydrogen) atoms. The smallest absolute Gasteiger partial charge is 0.329 e. The Hall–Kier alpha value is -1.10.